The number of ether oxygens (including phenoxy) is 1. The van der Waals surface area contributed by atoms with Crippen LogP contribution in [0.15, 0.2) is 12.1 Å². The quantitative estimate of drug-likeness (QED) is 0.629. The molecule has 0 aliphatic rings. The number of aromatic nitrogens is 2. The Kier molecular flexibility index (Phi) is 8.96. The number of rotatable bonds is 11. The summed E-state index contributed by atoms with van der Waals surface area (Å²) in [6.07, 6.45) is 6.04. The fraction of sp³-hybridized carbons (Fsp3) is 0.750. The van der Waals surface area contributed by atoms with Crippen molar-refractivity contribution in [1.29, 1.82) is 0 Å². The van der Waals surface area contributed by atoms with Gasteiger partial charge in [0.15, 0.2) is 0 Å². The van der Waals surface area contributed by atoms with Crippen LogP contribution >= 0.6 is 0 Å². The van der Waals surface area contributed by atoms with E-state index < -0.39 is 0 Å². The first-order chi connectivity index (χ1) is 9.80. The van der Waals surface area contributed by atoms with Crippen LogP contribution in [0.1, 0.15) is 58.6 Å². The van der Waals surface area contributed by atoms with Crippen molar-refractivity contribution in [3.8, 4) is 5.88 Å². The molecule has 0 aromatic carbocycles. The molecular formula is C16H29N3O. The Labute approximate surface area is 123 Å². The third-order valence-electron chi connectivity index (χ3n) is 3.44. The molecule has 1 rings (SSSR count). The van der Waals surface area contributed by atoms with E-state index >= 15 is 0 Å². The summed E-state index contributed by atoms with van der Waals surface area (Å²) >= 11 is 0. The maximum absolute atomic E-state index is 5.74. The SMILES string of the molecule is CCCCC(CC)COc1ccc(CNCCC)nn1. The lowest BCUT2D eigenvalue weighted by molar-refractivity contribution is 0.223. The summed E-state index contributed by atoms with van der Waals surface area (Å²) in [7, 11) is 0. The van der Waals surface area contributed by atoms with Crippen LogP contribution in [0.4, 0.5) is 0 Å². The lowest BCUT2D eigenvalue weighted by atomic mass is 10.0. The summed E-state index contributed by atoms with van der Waals surface area (Å²) in [6.45, 7) is 9.13. The van der Waals surface area contributed by atoms with E-state index in [1.54, 1.807) is 0 Å². The minimum atomic E-state index is 0.627. The Hall–Kier alpha value is -1.16. The average Bonchev–Trinajstić information content (AvgIpc) is 2.49. The van der Waals surface area contributed by atoms with Gasteiger partial charge in [-0.05, 0) is 31.4 Å². The summed E-state index contributed by atoms with van der Waals surface area (Å²) in [5.41, 5.74) is 0.962. The monoisotopic (exact) mass is 279 g/mol. The molecule has 1 heterocycles. The van der Waals surface area contributed by atoms with Gasteiger partial charge in [0.05, 0.1) is 12.3 Å². The molecule has 0 spiro atoms. The smallest absolute Gasteiger partial charge is 0.233 e. The summed E-state index contributed by atoms with van der Waals surface area (Å²) in [4.78, 5) is 0. The van der Waals surface area contributed by atoms with Crippen LogP contribution < -0.4 is 10.1 Å². The van der Waals surface area contributed by atoms with Crippen molar-refractivity contribution in [2.24, 2.45) is 5.92 Å². The summed E-state index contributed by atoms with van der Waals surface area (Å²) in [5, 5.41) is 11.6. The van der Waals surface area contributed by atoms with Gasteiger partial charge in [0.1, 0.15) is 0 Å². The van der Waals surface area contributed by atoms with Gasteiger partial charge in [-0.1, -0.05) is 40.0 Å². The Morgan fingerprint density at radius 3 is 2.60 bits per heavy atom. The molecule has 0 amide bonds. The topological polar surface area (TPSA) is 47.0 Å². The van der Waals surface area contributed by atoms with Gasteiger partial charge in [0.2, 0.25) is 5.88 Å². The zero-order valence-corrected chi connectivity index (χ0v) is 13.2. The summed E-state index contributed by atoms with van der Waals surface area (Å²) in [6, 6.07) is 3.90. The van der Waals surface area contributed by atoms with Crippen molar-refractivity contribution in [2.75, 3.05) is 13.2 Å². The highest BCUT2D eigenvalue weighted by atomic mass is 16.5. The van der Waals surface area contributed by atoms with E-state index in [2.05, 4.69) is 36.3 Å². The van der Waals surface area contributed by atoms with Crippen molar-refractivity contribution in [3.63, 3.8) is 0 Å². The predicted octanol–water partition coefficient (Wildman–Crippen LogP) is 3.57. The largest absolute Gasteiger partial charge is 0.476 e. The standard InChI is InChI=1S/C16H29N3O/c1-4-7-8-14(6-3)13-20-16-10-9-15(18-19-16)12-17-11-5-2/h9-10,14,17H,4-8,11-13H2,1-3H3. The van der Waals surface area contributed by atoms with E-state index in [0.717, 1.165) is 38.2 Å². The molecule has 0 bridgehead atoms. The maximum Gasteiger partial charge on any atom is 0.233 e. The van der Waals surface area contributed by atoms with Gasteiger partial charge >= 0.3 is 0 Å². The van der Waals surface area contributed by atoms with Crippen LogP contribution in [0.25, 0.3) is 0 Å². The normalized spacial score (nSPS) is 12.3. The highest BCUT2D eigenvalue weighted by molar-refractivity contribution is 5.11. The zero-order valence-electron chi connectivity index (χ0n) is 13.2. The Morgan fingerprint density at radius 2 is 2.00 bits per heavy atom. The molecule has 4 nitrogen and oxygen atoms in total. The van der Waals surface area contributed by atoms with E-state index in [1.165, 1.54) is 19.3 Å². The van der Waals surface area contributed by atoms with Crippen LogP contribution in [0, 0.1) is 5.92 Å². The Balaban J connectivity index is 2.32. The van der Waals surface area contributed by atoms with Crippen LogP contribution in [-0.4, -0.2) is 23.3 Å². The van der Waals surface area contributed by atoms with Crippen LogP contribution in [0.5, 0.6) is 5.88 Å². The third kappa shape index (κ3) is 6.85. The van der Waals surface area contributed by atoms with Crippen LogP contribution in [-0.2, 0) is 6.54 Å². The zero-order chi connectivity index (χ0) is 14.6. The molecule has 1 aromatic rings. The second-order valence-corrected chi connectivity index (χ2v) is 5.27. The highest BCUT2D eigenvalue weighted by Gasteiger charge is 2.07. The lowest BCUT2D eigenvalue weighted by Gasteiger charge is -2.14. The molecule has 114 valence electrons. The van der Waals surface area contributed by atoms with Crippen LogP contribution in [0.2, 0.25) is 0 Å². The molecule has 0 saturated heterocycles. The number of hydrogen-bond acceptors (Lipinski definition) is 4. The molecule has 0 aliphatic carbocycles. The maximum atomic E-state index is 5.74. The first-order valence-corrected chi connectivity index (χ1v) is 7.96. The fourth-order valence-corrected chi connectivity index (χ4v) is 2.01. The lowest BCUT2D eigenvalue weighted by Crippen LogP contribution is -2.16. The summed E-state index contributed by atoms with van der Waals surface area (Å²) < 4.78 is 5.74. The number of nitrogens with zero attached hydrogens (tertiary/aromatic N) is 2. The van der Waals surface area contributed by atoms with Gasteiger partial charge in [-0.2, -0.15) is 5.10 Å². The fourth-order valence-electron chi connectivity index (χ4n) is 2.01. The average molecular weight is 279 g/mol. The first kappa shape index (κ1) is 16.9. The van der Waals surface area contributed by atoms with E-state index in [-0.39, 0.29) is 0 Å². The van der Waals surface area contributed by atoms with E-state index in [1.807, 2.05) is 12.1 Å². The highest BCUT2D eigenvalue weighted by Crippen LogP contribution is 2.14. The van der Waals surface area contributed by atoms with Gasteiger partial charge in [0.25, 0.3) is 0 Å². The Bertz CT molecular complexity index is 340. The number of nitrogens with one attached hydrogen (secondary N) is 1. The minimum Gasteiger partial charge on any atom is -0.476 e. The third-order valence-corrected chi connectivity index (χ3v) is 3.44. The number of hydrogen-bond donors (Lipinski definition) is 1. The Morgan fingerprint density at radius 1 is 1.15 bits per heavy atom. The molecule has 0 fully saturated rings. The van der Waals surface area contributed by atoms with Crippen molar-refractivity contribution >= 4 is 0 Å². The van der Waals surface area contributed by atoms with Gasteiger partial charge in [-0.15, -0.1) is 5.10 Å². The first-order valence-electron chi connectivity index (χ1n) is 7.96. The van der Waals surface area contributed by atoms with Crippen molar-refractivity contribution in [1.82, 2.24) is 15.5 Å². The number of unbranched alkanes of at least 4 members (excludes halogenated alkanes) is 1. The molecule has 1 atom stereocenters. The molecule has 1 N–H and O–H groups in total. The molecule has 0 radical (unpaired) electrons. The van der Waals surface area contributed by atoms with Crippen molar-refractivity contribution in [2.45, 2.75) is 59.4 Å². The van der Waals surface area contributed by atoms with Crippen molar-refractivity contribution in [3.05, 3.63) is 17.8 Å². The van der Waals surface area contributed by atoms with Gasteiger partial charge in [-0.25, -0.2) is 0 Å². The molecular weight excluding hydrogens is 250 g/mol. The van der Waals surface area contributed by atoms with Gasteiger partial charge < -0.3 is 10.1 Å². The molecule has 1 unspecified atom stereocenters. The molecule has 20 heavy (non-hydrogen) atoms. The predicted molar refractivity (Wildman–Crippen MR) is 82.8 cm³/mol. The minimum absolute atomic E-state index is 0.627. The van der Waals surface area contributed by atoms with Crippen molar-refractivity contribution < 1.29 is 4.74 Å². The molecule has 0 aliphatic heterocycles. The van der Waals surface area contributed by atoms with E-state index in [9.17, 15) is 0 Å². The van der Waals surface area contributed by atoms with Gasteiger partial charge in [0, 0.05) is 12.6 Å². The second kappa shape index (κ2) is 10.6. The molecule has 0 saturated carbocycles. The van der Waals surface area contributed by atoms with Crippen LogP contribution in [0.3, 0.4) is 0 Å². The van der Waals surface area contributed by atoms with E-state index in [4.69, 9.17) is 4.74 Å². The second-order valence-electron chi connectivity index (χ2n) is 5.27. The summed E-state index contributed by atoms with van der Waals surface area (Å²) in [5.74, 6) is 1.27. The molecule has 1 aromatic heterocycles. The van der Waals surface area contributed by atoms with E-state index in [0.29, 0.717) is 11.8 Å². The van der Waals surface area contributed by atoms with Gasteiger partial charge in [-0.3, -0.25) is 0 Å². The molecule has 4 heteroatoms.